The van der Waals surface area contributed by atoms with E-state index < -0.39 is 0 Å². The molecule has 3 N–H and O–H groups in total. The molecule has 1 heterocycles. The number of nitrogens with zero attached hydrogens (tertiary/aromatic N) is 1. The second kappa shape index (κ2) is 6.53. The Morgan fingerprint density at radius 1 is 1.56 bits per heavy atom. The van der Waals surface area contributed by atoms with Crippen molar-refractivity contribution in [1.29, 1.82) is 0 Å². The summed E-state index contributed by atoms with van der Waals surface area (Å²) in [6.07, 6.45) is 2.53. The van der Waals surface area contributed by atoms with Gasteiger partial charge in [0.1, 0.15) is 0 Å². The number of hydrogen-bond acceptors (Lipinski definition) is 3. The highest BCUT2D eigenvalue weighted by Crippen LogP contribution is 2.32. The smallest absolute Gasteiger partial charge is 0.224 e. The van der Waals surface area contributed by atoms with E-state index in [0.717, 1.165) is 13.1 Å². The third kappa shape index (κ3) is 4.25. The lowest BCUT2D eigenvalue weighted by molar-refractivity contribution is -0.124. The number of nitrogens with two attached hydrogens (primary N) is 1. The van der Waals surface area contributed by atoms with E-state index in [9.17, 15) is 4.79 Å². The molecule has 4 heteroatoms. The molecule has 18 heavy (non-hydrogen) atoms. The van der Waals surface area contributed by atoms with Gasteiger partial charge in [-0.1, -0.05) is 20.8 Å². The van der Waals surface area contributed by atoms with Crippen LogP contribution in [-0.4, -0.2) is 44.0 Å². The predicted molar refractivity (Wildman–Crippen MR) is 75.2 cm³/mol. The third-order valence-electron chi connectivity index (χ3n) is 4.25. The topological polar surface area (TPSA) is 58.4 Å². The van der Waals surface area contributed by atoms with Crippen LogP contribution in [0, 0.1) is 17.3 Å². The van der Waals surface area contributed by atoms with E-state index in [1.807, 2.05) is 6.92 Å². The van der Waals surface area contributed by atoms with Crippen LogP contribution in [0.4, 0.5) is 0 Å². The predicted octanol–water partition coefficient (Wildman–Crippen LogP) is 1.07. The summed E-state index contributed by atoms with van der Waals surface area (Å²) in [6, 6.07) is 0. The zero-order valence-corrected chi connectivity index (χ0v) is 12.3. The molecule has 1 aliphatic rings. The molecule has 0 radical (unpaired) electrons. The number of piperidine rings is 1. The van der Waals surface area contributed by atoms with Crippen molar-refractivity contribution in [3.8, 4) is 0 Å². The van der Waals surface area contributed by atoms with E-state index in [1.54, 1.807) is 0 Å². The van der Waals surface area contributed by atoms with Gasteiger partial charge < -0.3 is 16.0 Å². The van der Waals surface area contributed by atoms with Gasteiger partial charge in [0.25, 0.3) is 0 Å². The van der Waals surface area contributed by atoms with E-state index in [2.05, 4.69) is 31.1 Å². The highest BCUT2D eigenvalue weighted by molar-refractivity contribution is 5.78. The molecule has 1 aliphatic heterocycles. The minimum absolute atomic E-state index is 0.0785. The fourth-order valence-electron chi connectivity index (χ4n) is 2.54. The molecular formula is C14H29N3O. The van der Waals surface area contributed by atoms with Crippen molar-refractivity contribution in [1.82, 2.24) is 10.2 Å². The van der Waals surface area contributed by atoms with Crippen LogP contribution in [0.1, 0.15) is 33.6 Å². The van der Waals surface area contributed by atoms with Gasteiger partial charge in [0, 0.05) is 25.6 Å². The van der Waals surface area contributed by atoms with Gasteiger partial charge in [-0.15, -0.1) is 0 Å². The van der Waals surface area contributed by atoms with Crippen molar-refractivity contribution in [3.05, 3.63) is 0 Å². The highest BCUT2D eigenvalue weighted by Gasteiger charge is 2.32. The van der Waals surface area contributed by atoms with Gasteiger partial charge in [-0.3, -0.25) is 4.79 Å². The standard InChI is InChI=1S/C14H29N3O/c1-11(8-15)13(18)16-10-14(2,3)12-6-5-7-17(4)9-12/h11-12H,5-10,15H2,1-4H3,(H,16,18). The summed E-state index contributed by atoms with van der Waals surface area (Å²) in [5.41, 5.74) is 5.66. The molecule has 0 aromatic carbocycles. The Balaban J connectivity index is 2.45. The van der Waals surface area contributed by atoms with E-state index in [4.69, 9.17) is 5.73 Å². The number of rotatable bonds is 5. The first-order valence-corrected chi connectivity index (χ1v) is 7.03. The fraction of sp³-hybridized carbons (Fsp3) is 0.929. The van der Waals surface area contributed by atoms with Gasteiger partial charge in [0.2, 0.25) is 5.91 Å². The molecule has 106 valence electrons. The van der Waals surface area contributed by atoms with Crippen LogP contribution in [0.5, 0.6) is 0 Å². The van der Waals surface area contributed by atoms with Crippen LogP contribution in [0.25, 0.3) is 0 Å². The van der Waals surface area contributed by atoms with Crippen molar-refractivity contribution in [2.75, 3.05) is 33.2 Å². The lowest BCUT2D eigenvalue weighted by Gasteiger charge is -2.40. The average Bonchev–Trinajstić information content (AvgIpc) is 2.35. The van der Waals surface area contributed by atoms with Crippen molar-refractivity contribution in [2.45, 2.75) is 33.6 Å². The first-order valence-electron chi connectivity index (χ1n) is 7.03. The Labute approximate surface area is 111 Å². The summed E-state index contributed by atoms with van der Waals surface area (Å²) in [5.74, 6) is 0.648. The summed E-state index contributed by atoms with van der Waals surface area (Å²) < 4.78 is 0. The third-order valence-corrected chi connectivity index (χ3v) is 4.25. The average molecular weight is 255 g/mol. The van der Waals surface area contributed by atoms with Crippen LogP contribution in [0.15, 0.2) is 0 Å². The first-order chi connectivity index (χ1) is 8.36. The maximum atomic E-state index is 11.8. The Hall–Kier alpha value is -0.610. The molecular weight excluding hydrogens is 226 g/mol. The SMILES string of the molecule is CC(CN)C(=O)NCC(C)(C)C1CCCN(C)C1. The van der Waals surface area contributed by atoms with Gasteiger partial charge in [0.15, 0.2) is 0 Å². The second-order valence-electron chi connectivity index (χ2n) is 6.44. The Bertz CT molecular complexity index is 278. The molecule has 0 aliphatic carbocycles. The molecule has 0 bridgehead atoms. The first kappa shape index (κ1) is 15.4. The lowest BCUT2D eigenvalue weighted by atomic mass is 9.74. The van der Waals surface area contributed by atoms with Crippen molar-refractivity contribution < 1.29 is 4.79 Å². The Morgan fingerprint density at radius 2 is 2.22 bits per heavy atom. The van der Waals surface area contributed by atoms with Gasteiger partial charge in [-0.25, -0.2) is 0 Å². The molecule has 0 aromatic heterocycles. The quantitative estimate of drug-likeness (QED) is 0.772. The molecule has 4 nitrogen and oxygen atoms in total. The highest BCUT2D eigenvalue weighted by atomic mass is 16.1. The summed E-state index contributed by atoms with van der Waals surface area (Å²) in [6.45, 7) is 9.87. The number of likely N-dealkylation sites (tertiary alicyclic amines) is 1. The van der Waals surface area contributed by atoms with Gasteiger partial charge in [-0.05, 0) is 37.8 Å². The van der Waals surface area contributed by atoms with Crippen LogP contribution in [-0.2, 0) is 4.79 Å². The summed E-state index contributed by atoms with van der Waals surface area (Å²) in [5, 5.41) is 3.05. The van der Waals surface area contributed by atoms with E-state index >= 15 is 0 Å². The molecule has 2 atom stereocenters. The molecule has 1 amide bonds. The maximum Gasteiger partial charge on any atom is 0.224 e. The Morgan fingerprint density at radius 3 is 2.78 bits per heavy atom. The molecule has 1 saturated heterocycles. The molecule has 1 fully saturated rings. The maximum absolute atomic E-state index is 11.8. The normalized spacial score (nSPS) is 23.7. The van der Waals surface area contributed by atoms with Crippen LogP contribution < -0.4 is 11.1 Å². The molecule has 2 unspecified atom stereocenters. The summed E-state index contributed by atoms with van der Waals surface area (Å²) in [4.78, 5) is 14.2. The minimum atomic E-state index is -0.0881. The van der Waals surface area contributed by atoms with Crippen LogP contribution in [0.2, 0.25) is 0 Å². The Kier molecular flexibility index (Phi) is 5.60. The summed E-state index contributed by atoms with van der Waals surface area (Å²) in [7, 11) is 2.18. The van der Waals surface area contributed by atoms with Crippen LogP contribution in [0.3, 0.4) is 0 Å². The molecule has 0 aromatic rings. The van der Waals surface area contributed by atoms with Crippen molar-refractivity contribution in [3.63, 3.8) is 0 Å². The number of nitrogens with one attached hydrogen (secondary N) is 1. The van der Waals surface area contributed by atoms with Crippen molar-refractivity contribution in [2.24, 2.45) is 23.0 Å². The van der Waals surface area contributed by atoms with Gasteiger partial charge in [0.05, 0.1) is 0 Å². The number of carbonyl (C=O) groups is 1. The largest absolute Gasteiger partial charge is 0.355 e. The zero-order chi connectivity index (χ0) is 13.8. The lowest BCUT2D eigenvalue weighted by Crippen LogP contribution is -2.46. The van der Waals surface area contributed by atoms with Crippen LogP contribution >= 0.6 is 0 Å². The van der Waals surface area contributed by atoms with Gasteiger partial charge in [-0.2, -0.15) is 0 Å². The summed E-state index contributed by atoms with van der Waals surface area (Å²) >= 11 is 0. The minimum Gasteiger partial charge on any atom is -0.355 e. The molecule has 0 saturated carbocycles. The monoisotopic (exact) mass is 255 g/mol. The second-order valence-corrected chi connectivity index (χ2v) is 6.44. The number of carbonyl (C=O) groups excluding carboxylic acids is 1. The fourth-order valence-corrected chi connectivity index (χ4v) is 2.54. The number of hydrogen-bond donors (Lipinski definition) is 2. The number of amides is 1. The molecule has 1 rings (SSSR count). The van der Waals surface area contributed by atoms with E-state index in [1.165, 1.54) is 19.4 Å². The zero-order valence-electron chi connectivity index (χ0n) is 12.3. The van der Waals surface area contributed by atoms with Gasteiger partial charge >= 0.3 is 0 Å². The molecule has 0 spiro atoms. The van der Waals surface area contributed by atoms with E-state index in [-0.39, 0.29) is 17.2 Å². The van der Waals surface area contributed by atoms with Crippen molar-refractivity contribution >= 4 is 5.91 Å². The van der Waals surface area contributed by atoms with E-state index in [0.29, 0.717) is 12.5 Å².